The van der Waals surface area contributed by atoms with Gasteiger partial charge in [-0.15, -0.1) is 0 Å². The van der Waals surface area contributed by atoms with Crippen molar-refractivity contribution in [2.24, 2.45) is 5.16 Å². The predicted molar refractivity (Wildman–Crippen MR) is 107 cm³/mol. The zero-order chi connectivity index (χ0) is 20.5. The van der Waals surface area contributed by atoms with Crippen LogP contribution in [-0.2, 0) is 30.8 Å². The molecule has 2 saturated heterocycles. The van der Waals surface area contributed by atoms with Crippen LogP contribution < -0.4 is 5.32 Å². The van der Waals surface area contributed by atoms with Crippen LogP contribution in [0, 0.1) is 0 Å². The third-order valence-electron chi connectivity index (χ3n) is 5.87. The van der Waals surface area contributed by atoms with E-state index in [2.05, 4.69) is 10.5 Å². The molecule has 1 aromatic rings. The summed E-state index contributed by atoms with van der Waals surface area (Å²) in [6.07, 6.45) is 3.69. The van der Waals surface area contributed by atoms with Crippen LogP contribution in [0.25, 0.3) is 0 Å². The van der Waals surface area contributed by atoms with Gasteiger partial charge in [0.25, 0.3) is 5.91 Å². The Morgan fingerprint density at radius 3 is 2.83 bits per heavy atom. The Kier molecular flexibility index (Phi) is 5.63. The highest BCUT2D eigenvalue weighted by molar-refractivity contribution is 7.89. The number of nitrogens with one attached hydrogen (secondary N) is 1. The van der Waals surface area contributed by atoms with Crippen LogP contribution in [0.15, 0.2) is 34.3 Å². The first kappa shape index (κ1) is 20.3. The number of sulfonamides is 1. The van der Waals surface area contributed by atoms with Gasteiger partial charge in [0.15, 0.2) is 5.60 Å². The van der Waals surface area contributed by atoms with Gasteiger partial charge in [0, 0.05) is 32.5 Å². The van der Waals surface area contributed by atoms with Gasteiger partial charge in [-0.3, -0.25) is 4.79 Å². The van der Waals surface area contributed by atoms with Crippen molar-refractivity contribution in [3.05, 3.63) is 29.8 Å². The van der Waals surface area contributed by atoms with Crippen molar-refractivity contribution < 1.29 is 22.8 Å². The molecule has 0 saturated carbocycles. The quantitative estimate of drug-likeness (QED) is 0.750. The average molecular weight is 422 g/mol. The first-order chi connectivity index (χ1) is 13.9. The third kappa shape index (κ3) is 4.17. The van der Waals surface area contributed by atoms with Crippen molar-refractivity contribution in [2.75, 3.05) is 26.2 Å². The number of ether oxygens (including phenoxy) is 1. The van der Waals surface area contributed by atoms with E-state index in [4.69, 9.17) is 9.57 Å². The Labute approximate surface area is 171 Å². The molecule has 158 valence electrons. The van der Waals surface area contributed by atoms with Gasteiger partial charge in [0.2, 0.25) is 10.0 Å². The molecular weight excluding hydrogens is 394 g/mol. The lowest BCUT2D eigenvalue weighted by Gasteiger charge is -2.21. The molecule has 2 unspecified atom stereocenters. The highest BCUT2D eigenvalue weighted by atomic mass is 32.2. The number of amides is 1. The summed E-state index contributed by atoms with van der Waals surface area (Å²) in [6, 6.07) is 6.97. The maximum Gasteiger partial charge on any atom is 0.269 e. The third-order valence-corrected chi connectivity index (χ3v) is 7.73. The molecule has 1 aromatic carbocycles. The molecule has 0 aromatic heterocycles. The molecule has 1 N–H and O–H groups in total. The number of benzene rings is 1. The molecule has 2 atom stereocenters. The molecular formula is C20H27N3O5S. The summed E-state index contributed by atoms with van der Waals surface area (Å²) in [5, 5.41) is 6.81. The lowest BCUT2D eigenvalue weighted by molar-refractivity contribution is -0.115. The van der Waals surface area contributed by atoms with E-state index in [1.54, 1.807) is 12.1 Å². The molecule has 8 nitrogen and oxygen atoms in total. The fourth-order valence-corrected chi connectivity index (χ4v) is 5.55. The van der Waals surface area contributed by atoms with Crippen LogP contribution in [0.1, 0.15) is 38.2 Å². The van der Waals surface area contributed by atoms with E-state index in [9.17, 15) is 13.2 Å². The minimum absolute atomic E-state index is 0.0574. The smallest absolute Gasteiger partial charge is 0.269 e. The highest BCUT2D eigenvalue weighted by Crippen LogP contribution is 2.36. The second-order valence-electron chi connectivity index (χ2n) is 7.92. The summed E-state index contributed by atoms with van der Waals surface area (Å²) in [5.74, 6) is -0.270. The molecule has 9 heteroatoms. The first-order valence-corrected chi connectivity index (χ1v) is 11.6. The van der Waals surface area contributed by atoms with Crippen LogP contribution in [0.5, 0.6) is 0 Å². The maximum atomic E-state index is 13.0. The van der Waals surface area contributed by atoms with Crippen molar-refractivity contribution in [1.82, 2.24) is 9.62 Å². The fraction of sp³-hybridized carbons (Fsp3) is 0.600. The zero-order valence-electron chi connectivity index (χ0n) is 16.6. The minimum Gasteiger partial charge on any atom is -0.387 e. The molecule has 2 fully saturated rings. The van der Waals surface area contributed by atoms with Crippen molar-refractivity contribution in [3.8, 4) is 0 Å². The monoisotopic (exact) mass is 421 g/mol. The highest BCUT2D eigenvalue weighted by Gasteiger charge is 2.49. The fourth-order valence-electron chi connectivity index (χ4n) is 4.04. The van der Waals surface area contributed by atoms with Crippen molar-refractivity contribution >= 4 is 21.6 Å². The normalized spacial score (nSPS) is 27.2. The molecule has 29 heavy (non-hydrogen) atoms. The molecule has 0 bridgehead atoms. The van der Waals surface area contributed by atoms with Crippen LogP contribution in [0.3, 0.4) is 0 Å². The van der Waals surface area contributed by atoms with Crippen LogP contribution >= 0.6 is 0 Å². The van der Waals surface area contributed by atoms with Gasteiger partial charge in [-0.25, -0.2) is 8.42 Å². The van der Waals surface area contributed by atoms with Gasteiger partial charge in [0.1, 0.15) is 5.71 Å². The van der Waals surface area contributed by atoms with E-state index in [1.807, 2.05) is 19.1 Å². The standard InChI is InChI=1S/C20H27N3O5S/c1-2-15-5-7-17(8-6-15)29(25,26)23-10-9-20(14-23)12-18(22-28-20)19(24)21-13-16-4-3-11-27-16/h5-8,16H,2-4,9-14H2,1H3,(H,21,24). The van der Waals surface area contributed by atoms with Crippen molar-refractivity contribution in [2.45, 2.75) is 55.6 Å². The number of nitrogens with zero attached hydrogens (tertiary/aromatic N) is 2. The second-order valence-corrected chi connectivity index (χ2v) is 9.86. The Balaban J connectivity index is 1.36. The molecule has 3 heterocycles. The summed E-state index contributed by atoms with van der Waals surface area (Å²) in [7, 11) is -3.60. The topological polar surface area (TPSA) is 97.3 Å². The first-order valence-electron chi connectivity index (χ1n) is 10.2. The van der Waals surface area contributed by atoms with Crippen molar-refractivity contribution in [3.63, 3.8) is 0 Å². The number of carbonyl (C=O) groups is 1. The van der Waals surface area contributed by atoms with E-state index >= 15 is 0 Å². The van der Waals surface area contributed by atoms with Gasteiger partial charge in [-0.05, 0) is 37.0 Å². The van der Waals surface area contributed by atoms with Gasteiger partial charge < -0.3 is 14.9 Å². The van der Waals surface area contributed by atoms with E-state index in [-0.39, 0.29) is 23.5 Å². The van der Waals surface area contributed by atoms with E-state index in [1.165, 1.54) is 4.31 Å². The van der Waals surface area contributed by atoms with Gasteiger partial charge >= 0.3 is 0 Å². The molecule has 3 aliphatic heterocycles. The zero-order valence-corrected chi connectivity index (χ0v) is 17.4. The lowest BCUT2D eigenvalue weighted by atomic mass is 9.96. The van der Waals surface area contributed by atoms with E-state index in [0.29, 0.717) is 31.6 Å². The molecule has 4 rings (SSSR count). The van der Waals surface area contributed by atoms with Crippen molar-refractivity contribution in [1.29, 1.82) is 0 Å². The number of oxime groups is 1. The van der Waals surface area contributed by atoms with Gasteiger partial charge in [0.05, 0.1) is 17.5 Å². The predicted octanol–water partition coefficient (Wildman–Crippen LogP) is 1.45. The summed E-state index contributed by atoms with van der Waals surface area (Å²) in [4.78, 5) is 18.3. The van der Waals surface area contributed by atoms with Crippen LogP contribution in [0.2, 0.25) is 0 Å². The number of hydrogen-bond acceptors (Lipinski definition) is 6. The molecule has 3 aliphatic rings. The molecule has 0 radical (unpaired) electrons. The SMILES string of the molecule is CCc1ccc(S(=O)(=O)N2CCC3(CC(C(=O)NCC4CCCO4)=NO3)C2)cc1. The van der Waals surface area contributed by atoms with Gasteiger partial charge in [-0.2, -0.15) is 4.31 Å². The van der Waals surface area contributed by atoms with E-state index in [0.717, 1.165) is 31.4 Å². The number of carbonyl (C=O) groups excluding carboxylic acids is 1. The minimum atomic E-state index is -3.60. The Bertz CT molecular complexity index is 893. The maximum absolute atomic E-state index is 13.0. The Morgan fingerprint density at radius 2 is 2.14 bits per heavy atom. The number of aryl methyl sites for hydroxylation is 1. The lowest BCUT2D eigenvalue weighted by Crippen LogP contribution is -2.40. The largest absolute Gasteiger partial charge is 0.387 e. The Hall–Kier alpha value is -1.97. The van der Waals surface area contributed by atoms with Crippen LogP contribution in [-0.4, -0.2) is 62.3 Å². The molecule has 1 spiro atoms. The van der Waals surface area contributed by atoms with Gasteiger partial charge in [-0.1, -0.05) is 24.2 Å². The number of rotatable bonds is 6. The summed E-state index contributed by atoms with van der Waals surface area (Å²) >= 11 is 0. The van der Waals surface area contributed by atoms with Crippen LogP contribution in [0.4, 0.5) is 0 Å². The Morgan fingerprint density at radius 1 is 1.34 bits per heavy atom. The molecule has 1 amide bonds. The summed E-state index contributed by atoms with van der Waals surface area (Å²) in [5.41, 5.74) is 0.648. The molecule has 0 aliphatic carbocycles. The number of hydrogen-bond donors (Lipinski definition) is 1. The average Bonchev–Trinajstić information content (AvgIpc) is 3.49. The summed E-state index contributed by atoms with van der Waals surface area (Å²) in [6.45, 7) is 3.76. The second kappa shape index (κ2) is 8.04. The van der Waals surface area contributed by atoms with E-state index < -0.39 is 15.6 Å². The summed E-state index contributed by atoms with van der Waals surface area (Å²) < 4.78 is 32.9.